The predicted molar refractivity (Wildman–Crippen MR) is 44.3 cm³/mol. The van der Waals surface area contributed by atoms with Gasteiger partial charge in [0.15, 0.2) is 0 Å². The van der Waals surface area contributed by atoms with Crippen molar-refractivity contribution in [2.24, 2.45) is 0 Å². The predicted octanol–water partition coefficient (Wildman–Crippen LogP) is 1.88. The maximum absolute atomic E-state index is 5.21. The van der Waals surface area contributed by atoms with Crippen LogP contribution in [0.25, 0.3) is 0 Å². The average Bonchev–Trinajstić information content (AvgIpc) is 2.05. The standard InChI is InChI=1S/C9H14O2/c1-7-8(10-2)5-4-6-9(7)11-3/h4-5,8H,6H2,1-3H3. The topological polar surface area (TPSA) is 18.5 Å². The first-order valence-electron chi connectivity index (χ1n) is 3.72. The second-order valence-electron chi connectivity index (χ2n) is 2.60. The molecule has 0 N–H and O–H groups in total. The third-order valence-electron chi connectivity index (χ3n) is 1.98. The molecule has 2 nitrogen and oxygen atoms in total. The first-order valence-corrected chi connectivity index (χ1v) is 3.72. The largest absolute Gasteiger partial charge is 0.501 e. The molecule has 0 amide bonds. The lowest BCUT2D eigenvalue weighted by Gasteiger charge is -2.19. The molecular formula is C9H14O2. The molecule has 0 spiro atoms. The van der Waals surface area contributed by atoms with Gasteiger partial charge in [-0.1, -0.05) is 12.2 Å². The molecule has 0 saturated heterocycles. The van der Waals surface area contributed by atoms with E-state index >= 15 is 0 Å². The summed E-state index contributed by atoms with van der Waals surface area (Å²) < 4.78 is 10.4. The van der Waals surface area contributed by atoms with Gasteiger partial charge in [-0.15, -0.1) is 0 Å². The molecule has 0 radical (unpaired) electrons. The molecule has 1 aliphatic carbocycles. The number of allylic oxidation sites excluding steroid dienone is 1. The van der Waals surface area contributed by atoms with Crippen LogP contribution in [0.2, 0.25) is 0 Å². The van der Waals surface area contributed by atoms with E-state index in [0.717, 1.165) is 12.2 Å². The summed E-state index contributed by atoms with van der Waals surface area (Å²) in [7, 11) is 3.40. The first-order chi connectivity index (χ1) is 5.29. The fourth-order valence-electron chi connectivity index (χ4n) is 1.26. The van der Waals surface area contributed by atoms with Crippen LogP contribution in [0.1, 0.15) is 13.3 Å². The van der Waals surface area contributed by atoms with Gasteiger partial charge in [-0.2, -0.15) is 0 Å². The molecule has 0 fully saturated rings. The van der Waals surface area contributed by atoms with Gasteiger partial charge in [0, 0.05) is 13.5 Å². The number of ether oxygens (including phenoxy) is 2. The summed E-state index contributed by atoms with van der Waals surface area (Å²) in [6, 6.07) is 0. The van der Waals surface area contributed by atoms with Crippen molar-refractivity contribution in [3.63, 3.8) is 0 Å². The Labute approximate surface area is 67.5 Å². The highest BCUT2D eigenvalue weighted by atomic mass is 16.5. The Kier molecular flexibility index (Phi) is 2.71. The fourth-order valence-corrected chi connectivity index (χ4v) is 1.26. The van der Waals surface area contributed by atoms with E-state index in [1.54, 1.807) is 14.2 Å². The first kappa shape index (κ1) is 8.34. The number of hydrogen-bond acceptors (Lipinski definition) is 2. The Hall–Kier alpha value is -0.760. The van der Waals surface area contributed by atoms with Crippen molar-refractivity contribution in [1.82, 2.24) is 0 Å². The number of methoxy groups -OCH3 is 2. The molecule has 1 atom stereocenters. The van der Waals surface area contributed by atoms with Crippen LogP contribution in [0, 0.1) is 0 Å². The zero-order valence-corrected chi connectivity index (χ0v) is 7.26. The normalized spacial score (nSPS) is 24.1. The lowest BCUT2D eigenvalue weighted by molar-refractivity contribution is 0.156. The van der Waals surface area contributed by atoms with Crippen LogP contribution >= 0.6 is 0 Å². The molecule has 0 saturated carbocycles. The van der Waals surface area contributed by atoms with Gasteiger partial charge in [0.05, 0.1) is 13.2 Å². The van der Waals surface area contributed by atoms with E-state index in [9.17, 15) is 0 Å². The van der Waals surface area contributed by atoms with E-state index in [1.165, 1.54) is 5.57 Å². The summed E-state index contributed by atoms with van der Waals surface area (Å²) in [6.07, 6.45) is 5.12. The zero-order valence-electron chi connectivity index (χ0n) is 7.26. The van der Waals surface area contributed by atoms with E-state index in [2.05, 4.69) is 12.2 Å². The Bertz CT molecular complexity index is 192. The van der Waals surface area contributed by atoms with Crippen LogP contribution in [-0.4, -0.2) is 20.3 Å². The van der Waals surface area contributed by atoms with Gasteiger partial charge in [-0.25, -0.2) is 0 Å². The Morgan fingerprint density at radius 2 is 2.18 bits per heavy atom. The lowest BCUT2D eigenvalue weighted by atomic mass is 10.0. The van der Waals surface area contributed by atoms with Crippen molar-refractivity contribution in [1.29, 1.82) is 0 Å². The quantitative estimate of drug-likeness (QED) is 0.565. The monoisotopic (exact) mass is 154 g/mol. The highest BCUT2D eigenvalue weighted by molar-refractivity contribution is 5.24. The summed E-state index contributed by atoms with van der Waals surface area (Å²) in [5.74, 6) is 1.03. The highest BCUT2D eigenvalue weighted by Gasteiger charge is 2.14. The minimum Gasteiger partial charge on any atom is -0.501 e. The lowest BCUT2D eigenvalue weighted by Crippen LogP contribution is -2.14. The van der Waals surface area contributed by atoms with Crippen LogP contribution in [0.15, 0.2) is 23.5 Å². The van der Waals surface area contributed by atoms with Crippen molar-refractivity contribution in [3.05, 3.63) is 23.5 Å². The van der Waals surface area contributed by atoms with E-state index in [0.29, 0.717) is 0 Å². The summed E-state index contributed by atoms with van der Waals surface area (Å²) in [6.45, 7) is 2.04. The molecule has 1 rings (SSSR count). The third-order valence-corrected chi connectivity index (χ3v) is 1.98. The van der Waals surface area contributed by atoms with Crippen LogP contribution in [0.4, 0.5) is 0 Å². The smallest absolute Gasteiger partial charge is 0.101 e. The molecule has 2 heteroatoms. The molecular weight excluding hydrogens is 140 g/mol. The van der Waals surface area contributed by atoms with Crippen molar-refractivity contribution >= 4 is 0 Å². The second-order valence-corrected chi connectivity index (χ2v) is 2.60. The van der Waals surface area contributed by atoms with Gasteiger partial charge >= 0.3 is 0 Å². The summed E-state index contributed by atoms with van der Waals surface area (Å²) in [5, 5.41) is 0. The van der Waals surface area contributed by atoms with E-state index < -0.39 is 0 Å². The second kappa shape index (κ2) is 3.58. The Balaban J connectivity index is 2.76. The van der Waals surface area contributed by atoms with Crippen LogP contribution in [0.3, 0.4) is 0 Å². The van der Waals surface area contributed by atoms with Crippen molar-refractivity contribution in [2.75, 3.05) is 14.2 Å². The highest BCUT2D eigenvalue weighted by Crippen LogP contribution is 2.21. The van der Waals surface area contributed by atoms with Gasteiger partial charge < -0.3 is 9.47 Å². The molecule has 11 heavy (non-hydrogen) atoms. The van der Waals surface area contributed by atoms with Gasteiger partial charge in [0.1, 0.15) is 5.76 Å². The van der Waals surface area contributed by atoms with Crippen molar-refractivity contribution in [2.45, 2.75) is 19.4 Å². The molecule has 0 aromatic heterocycles. The SMILES string of the molecule is COC1=C(C)C(OC)C=CC1. The number of rotatable bonds is 2. The van der Waals surface area contributed by atoms with Gasteiger partial charge in [-0.3, -0.25) is 0 Å². The van der Waals surface area contributed by atoms with Gasteiger partial charge in [-0.05, 0) is 12.5 Å². The average molecular weight is 154 g/mol. The van der Waals surface area contributed by atoms with E-state index in [1.807, 2.05) is 6.92 Å². The van der Waals surface area contributed by atoms with Crippen molar-refractivity contribution in [3.8, 4) is 0 Å². The molecule has 62 valence electrons. The van der Waals surface area contributed by atoms with Crippen LogP contribution in [-0.2, 0) is 9.47 Å². The summed E-state index contributed by atoms with van der Waals surface area (Å²) in [5.41, 5.74) is 1.18. The summed E-state index contributed by atoms with van der Waals surface area (Å²) >= 11 is 0. The molecule has 0 aromatic carbocycles. The molecule has 1 unspecified atom stereocenters. The molecule has 0 aromatic rings. The molecule has 1 aliphatic rings. The Morgan fingerprint density at radius 1 is 1.45 bits per heavy atom. The van der Waals surface area contributed by atoms with E-state index in [-0.39, 0.29) is 6.10 Å². The molecule has 0 heterocycles. The zero-order chi connectivity index (χ0) is 8.27. The van der Waals surface area contributed by atoms with Crippen LogP contribution in [0.5, 0.6) is 0 Å². The van der Waals surface area contributed by atoms with Gasteiger partial charge in [0.2, 0.25) is 0 Å². The van der Waals surface area contributed by atoms with Crippen molar-refractivity contribution < 1.29 is 9.47 Å². The van der Waals surface area contributed by atoms with Crippen LogP contribution < -0.4 is 0 Å². The van der Waals surface area contributed by atoms with Gasteiger partial charge in [0.25, 0.3) is 0 Å². The maximum atomic E-state index is 5.21. The molecule has 0 aliphatic heterocycles. The minimum atomic E-state index is 0.110. The minimum absolute atomic E-state index is 0.110. The third kappa shape index (κ3) is 1.63. The fraction of sp³-hybridized carbons (Fsp3) is 0.556. The number of hydrogen-bond donors (Lipinski definition) is 0. The van der Waals surface area contributed by atoms with E-state index in [4.69, 9.17) is 9.47 Å². The Morgan fingerprint density at radius 3 is 2.73 bits per heavy atom. The summed E-state index contributed by atoms with van der Waals surface area (Å²) in [4.78, 5) is 0. The molecule has 0 bridgehead atoms. The maximum Gasteiger partial charge on any atom is 0.101 e.